The SMILES string of the molecule is COC(=O)[C@H](C)NC(=O)c1ccccc1C(F)(F)F. The van der Waals surface area contributed by atoms with Gasteiger partial charge in [-0.05, 0) is 19.1 Å². The molecular weight excluding hydrogens is 263 g/mol. The van der Waals surface area contributed by atoms with E-state index in [1.165, 1.54) is 19.1 Å². The Labute approximate surface area is 107 Å². The Hall–Kier alpha value is -2.05. The molecule has 0 aliphatic heterocycles. The summed E-state index contributed by atoms with van der Waals surface area (Å²) < 4.78 is 42.5. The van der Waals surface area contributed by atoms with E-state index in [-0.39, 0.29) is 0 Å². The third kappa shape index (κ3) is 3.70. The van der Waals surface area contributed by atoms with E-state index in [9.17, 15) is 22.8 Å². The number of hydrogen-bond acceptors (Lipinski definition) is 3. The minimum absolute atomic E-state index is 0.536. The highest BCUT2D eigenvalue weighted by Gasteiger charge is 2.35. The normalized spacial score (nSPS) is 12.7. The molecule has 1 aromatic carbocycles. The summed E-state index contributed by atoms with van der Waals surface area (Å²) in [6.45, 7) is 1.32. The van der Waals surface area contributed by atoms with Gasteiger partial charge in [0, 0.05) is 0 Å². The molecule has 4 nitrogen and oxygen atoms in total. The van der Waals surface area contributed by atoms with Crippen LogP contribution in [0.2, 0.25) is 0 Å². The van der Waals surface area contributed by atoms with Crippen molar-refractivity contribution in [1.82, 2.24) is 5.32 Å². The van der Waals surface area contributed by atoms with Gasteiger partial charge in [-0.15, -0.1) is 0 Å². The highest BCUT2D eigenvalue weighted by Crippen LogP contribution is 2.31. The lowest BCUT2D eigenvalue weighted by molar-refractivity contribution is -0.142. The van der Waals surface area contributed by atoms with Crippen LogP contribution in [-0.4, -0.2) is 25.0 Å². The van der Waals surface area contributed by atoms with Crippen LogP contribution in [0.4, 0.5) is 13.2 Å². The van der Waals surface area contributed by atoms with Crippen LogP contribution in [0.1, 0.15) is 22.8 Å². The number of esters is 1. The molecule has 7 heteroatoms. The van der Waals surface area contributed by atoms with Crippen LogP contribution >= 0.6 is 0 Å². The molecule has 104 valence electrons. The molecule has 0 bridgehead atoms. The Balaban J connectivity index is 2.98. The first-order valence-corrected chi connectivity index (χ1v) is 5.32. The Morgan fingerprint density at radius 3 is 2.37 bits per heavy atom. The summed E-state index contributed by atoms with van der Waals surface area (Å²) >= 11 is 0. The molecule has 1 amide bonds. The third-order valence-corrected chi connectivity index (χ3v) is 2.38. The van der Waals surface area contributed by atoms with Crippen molar-refractivity contribution in [3.63, 3.8) is 0 Å². The van der Waals surface area contributed by atoms with Crippen molar-refractivity contribution >= 4 is 11.9 Å². The quantitative estimate of drug-likeness (QED) is 0.858. The molecule has 0 aromatic heterocycles. The number of rotatable bonds is 3. The third-order valence-electron chi connectivity index (χ3n) is 2.38. The number of methoxy groups -OCH3 is 1. The summed E-state index contributed by atoms with van der Waals surface area (Å²) in [5.74, 6) is -1.72. The molecular formula is C12H12F3NO3. The van der Waals surface area contributed by atoms with Gasteiger partial charge in [-0.2, -0.15) is 13.2 Å². The van der Waals surface area contributed by atoms with Gasteiger partial charge in [0.05, 0.1) is 18.2 Å². The van der Waals surface area contributed by atoms with Crippen molar-refractivity contribution < 1.29 is 27.5 Å². The molecule has 0 aliphatic rings. The van der Waals surface area contributed by atoms with Crippen molar-refractivity contribution in [3.8, 4) is 0 Å². The molecule has 0 aliphatic carbocycles. The minimum atomic E-state index is -4.64. The van der Waals surface area contributed by atoms with Gasteiger partial charge in [-0.1, -0.05) is 12.1 Å². The van der Waals surface area contributed by atoms with Gasteiger partial charge < -0.3 is 10.1 Å². The molecule has 1 atom stereocenters. The lowest BCUT2D eigenvalue weighted by Crippen LogP contribution is -2.39. The molecule has 0 unspecified atom stereocenters. The maximum atomic E-state index is 12.7. The van der Waals surface area contributed by atoms with E-state index in [0.29, 0.717) is 0 Å². The molecule has 1 rings (SSSR count). The number of alkyl halides is 3. The summed E-state index contributed by atoms with van der Waals surface area (Å²) in [5, 5.41) is 2.15. The molecule has 0 spiro atoms. The predicted octanol–water partition coefficient (Wildman–Crippen LogP) is 2.00. The van der Waals surface area contributed by atoms with Gasteiger partial charge in [0.25, 0.3) is 5.91 Å². The highest BCUT2D eigenvalue weighted by atomic mass is 19.4. The van der Waals surface area contributed by atoms with Gasteiger partial charge in [0.15, 0.2) is 0 Å². The van der Waals surface area contributed by atoms with Crippen LogP contribution in [0.15, 0.2) is 24.3 Å². The molecule has 19 heavy (non-hydrogen) atoms. The molecule has 1 N–H and O–H groups in total. The first-order chi connectivity index (χ1) is 8.77. The lowest BCUT2D eigenvalue weighted by Gasteiger charge is -2.15. The monoisotopic (exact) mass is 275 g/mol. The second kappa shape index (κ2) is 5.73. The maximum absolute atomic E-state index is 12.7. The van der Waals surface area contributed by atoms with Gasteiger partial charge in [-0.25, -0.2) is 4.79 Å². The second-order valence-corrected chi connectivity index (χ2v) is 3.76. The average Bonchev–Trinajstić information content (AvgIpc) is 2.36. The van der Waals surface area contributed by atoms with Crippen LogP contribution in [0.5, 0.6) is 0 Å². The van der Waals surface area contributed by atoms with E-state index in [4.69, 9.17) is 0 Å². The van der Waals surface area contributed by atoms with E-state index in [2.05, 4.69) is 10.1 Å². The number of halogens is 3. The van der Waals surface area contributed by atoms with Crippen molar-refractivity contribution in [1.29, 1.82) is 0 Å². The minimum Gasteiger partial charge on any atom is -0.467 e. The van der Waals surface area contributed by atoms with Crippen LogP contribution < -0.4 is 5.32 Å². The summed E-state index contributed by atoms with van der Waals surface area (Å²) in [5.41, 5.74) is -1.59. The smallest absolute Gasteiger partial charge is 0.417 e. The van der Waals surface area contributed by atoms with Gasteiger partial charge in [0.1, 0.15) is 6.04 Å². The molecule has 0 fully saturated rings. The van der Waals surface area contributed by atoms with Gasteiger partial charge >= 0.3 is 12.1 Å². The van der Waals surface area contributed by atoms with Crippen LogP contribution in [0.25, 0.3) is 0 Å². The summed E-state index contributed by atoms with van der Waals surface area (Å²) in [6.07, 6.45) is -4.64. The second-order valence-electron chi connectivity index (χ2n) is 3.76. The maximum Gasteiger partial charge on any atom is 0.417 e. The zero-order chi connectivity index (χ0) is 14.6. The number of benzene rings is 1. The number of hydrogen-bond donors (Lipinski definition) is 1. The van der Waals surface area contributed by atoms with Crippen molar-refractivity contribution in [2.75, 3.05) is 7.11 Å². The van der Waals surface area contributed by atoms with E-state index < -0.39 is 35.2 Å². The van der Waals surface area contributed by atoms with E-state index in [1.807, 2.05) is 0 Å². The Kier molecular flexibility index (Phi) is 4.52. The van der Waals surface area contributed by atoms with Crippen LogP contribution in [0, 0.1) is 0 Å². The van der Waals surface area contributed by atoms with Crippen LogP contribution in [-0.2, 0) is 15.7 Å². The van der Waals surface area contributed by atoms with Crippen LogP contribution in [0.3, 0.4) is 0 Å². The zero-order valence-corrected chi connectivity index (χ0v) is 10.2. The fourth-order valence-electron chi connectivity index (χ4n) is 1.44. The summed E-state index contributed by atoms with van der Waals surface area (Å²) in [6, 6.07) is 3.31. The Morgan fingerprint density at radius 2 is 1.84 bits per heavy atom. The number of ether oxygens (including phenoxy) is 1. The largest absolute Gasteiger partial charge is 0.467 e. The molecule has 0 heterocycles. The average molecular weight is 275 g/mol. The first-order valence-electron chi connectivity index (χ1n) is 5.32. The van der Waals surface area contributed by atoms with Gasteiger partial charge in [-0.3, -0.25) is 4.79 Å². The summed E-state index contributed by atoms with van der Waals surface area (Å²) in [7, 11) is 1.12. The van der Waals surface area contributed by atoms with E-state index in [0.717, 1.165) is 19.2 Å². The number of carbonyl (C=O) groups is 2. The standard InChI is InChI=1S/C12H12F3NO3/c1-7(11(18)19-2)16-10(17)8-5-3-4-6-9(8)12(13,14)15/h3-7H,1-2H3,(H,16,17)/t7-/m0/s1. The zero-order valence-electron chi connectivity index (χ0n) is 10.2. The molecule has 1 aromatic rings. The number of amides is 1. The first kappa shape index (κ1) is 15.0. The predicted molar refractivity (Wildman–Crippen MR) is 60.4 cm³/mol. The van der Waals surface area contributed by atoms with Gasteiger partial charge in [0.2, 0.25) is 0 Å². The molecule has 0 saturated heterocycles. The summed E-state index contributed by atoms with van der Waals surface area (Å²) in [4.78, 5) is 22.8. The Morgan fingerprint density at radius 1 is 1.26 bits per heavy atom. The molecule has 0 saturated carbocycles. The fraction of sp³-hybridized carbons (Fsp3) is 0.333. The van der Waals surface area contributed by atoms with Crippen molar-refractivity contribution in [3.05, 3.63) is 35.4 Å². The molecule has 0 radical (unpaired) electrons. The van der Waals surface area contributed by atoms with Crippen molar-refractivity contribution in [2.24, 2.45) is 0 Å². The van der Waals surface area contributed by atoms with Crippen molar-refractivity contribution in [2.45, 2.75) is 19.1 Å². The van der Waals surface area contributed by atoms with E-state index >= 15 is 0 Å². The topological polar surface area (TPSA) is 55.4 Å². The fourth-order valence-corrected chi connectivity index (χ4v) is 1.44. The Bertz CT molecular complexity index is 485. The number of nitrogens with one attached hydrogen (secondary N) is 1. The lowest BCUT2D eigenvalue weighted by atomic mass is 10.1. The highest BCUT2D eigenvalue weighted by molar-refractivity contribution is 5.98. The van der Waals surface area contributed by atoms with E-state index in [1.54, 1.807) is 0 Å². The number of carbonyl (C=O) groups excluding carboxylic acids is 2.